The Kier molecular flexibility index (Phi) is 5.04. The summed E-state index contributed by atoms with van der Waals surface area (Å²) < 4.78 is 0. The van der Waals surface area contributed by atoms with Gasteiger partial charge in [-0.05, 0) is 13.0 Å². The maximum Gasteiger partial charge on any atom is 0.0206 e. The van der Waals surface area contributed by atoms with Gasteiger partial charge in [0.2, 0.25) is 0 Å². The van der Waals surface area contributed by atoms with E-state index in [1.54, 1.807) is 0 Å². The van der Waals surface area contributed by atoms with Crippen LogP contribution >= 0.6 is 12.4 Å². The Morgan fingerprint density at radius 1 is 1.50 bits per heavy atom. The third-order valence-corrected chi connectivity index (χ3v) is 1.63. The van der Waals surface area contributed by atoms with Crippen LogP contribution in [0.2, 0.25) is 0 Å². The third-order valence-electron chi connectivity index (χ3n) is 1.63. The third kappa shape index (κ3) is 3.40. The lowest BCUT2D eigenvalue weighted by Gasteiger charge is -2.13. The molecule has 1 heterocycles. The summed E-state index contributed by atoms with van der Waals surface area (Å²) in [7, 11) is 0. The van der Waals surface area contributed by atoms with Crippen LogP contribution in [0.5, 0.6) is 0 Å². The summed E-state index contributed by atoms with van der Waals surface area (Å²) in [5, 5.41) is 6.79. The van der Waals surface area contributed by atoms with Gasteiger partial charge < -0.3 is 10.6 Å². The van der Waals surface area contributed by atoms with E-state index in [0.29, 0.717) is 6.04 Å². The second kappa shape index (κ2) is 4.94. The smallest absolute Gasteiger partial charge is 0.0206 e. The zero-order valence-electron chi connectivity index (χ0n) is 6.68. The standard InChI is InChI=1S/C7H16N2.ClH/c1-6(2)9-7-3-4-8-5-7;/h6-9H,3-5H2,1-2H3;1H. The first-order valence-electron chi connectivity index (χ1n) is 3.76. The molecule has 1 fully saturated rings. The van der Waals surface area contributed by atoms with Crippen LogP contribution in [0.3, 0.4) is 0 Å². The molecule has 3 heteroatoms. The largest absolute Gasteiger partial charge is 0.315 e. The van der Waals surface area contributed by atoms with Crippen LogP contribution in [-0.2, 0) is 0 Å². The van der Waals surface area contributed by atoms with Crippen molar-refractivity contribution < 1.29 is 0 Å². The van der Waals surface area contributed by atoms with E-state index >= 15 is 0 Å². The molecule has 10 heavy (non-hydrogen) atoms. The van der Waals surface area contributed by atoms with Crippen molar-refractivity contribution in [3.8, 4) is 0 Å². The molecule has 1 unspecified atom stereocenters. The van der Waals surface area contributed by atoms with Gasteiger partial charge in [-0.1, -0.05) is 13.8 Å². The molecule has 1 saturated heterocycles. The van der Waals surface area contributed by atoms with Crippen LogP contribution in [0.25, 0.3) is 0 Å². The molecule has 0 aromatic carbocycles. The summed E-state index contributed by atoms with van der Waals surface area (Å²) in [4.78, 5) is 0. The minimum absolute atomic E-state index is 0. The second-order valence-corrected chi connectivity index (χ2v) is 3.01. The van der Waals surface area contributed by atoms with Crippen LogP contribution < -0.4 is 10.6 Å². The summed E-state index contributed by atoms with van der Waals surface area (Å²) in [5.74, 6) is 0. The molecule has 62 valence electrons. The number of hydrogen-bond acceptors (Lipinski definition) is 2. The molecule has 2 nitrogen and oxygen atoms in total. The van der Waals surface area contributed by atoms with E-state index in [9.17, 15) is 0 Å². The summed E-state index contributed by atoms with van der Waals surface area (Å²) in [5.41, 5.74) is 0. The van der Waals surface area contributed by atoms with Gasteiger partial charge in [-0.15, -0.1) is 12.4 Å². The molecule has 1 aliphatic rings. The lowest BCUT2D eigenvalue weighted by molar-refractivity contribution is 0.489. The highest BCUT2D eigenvalue weighted by Crippen LogP contribution is 1.97. The zero-order valence-corrected chi connectivity index (χ0v) is 7.50. The van der Waals surface area contributed by atoms with Crippen molar-refractivity contribution in [2.24, 2.45) is 0 Å². The van der Waals surface area contributed by atoms with Gasteiger partial charge in [-0.3, -0.25) is 0 Å². The van der Waals surface area contributed by atoms with Gasteiger partial charge in [0.15, 0.2) is 0 Å². The van der Waals surface area contributed by atoms with Crippen molar-refractivity contribution in [2.75, 3.05) is 13.1 Å². The monoisotopic (exact) mass is 164 g/mol. The van der Waals surface area contributed by atoms with Crippen LogP contribution in [0.1, 0.15) is 20.3 Å². The zero-order chi connectivity index (χ0) is 6.69. The van der Waals surface area contributed by atoms with Gasteiger partial charge in [-0.25, -0.2) is 0 Å². The SMILES string of the molecule is CC(C)NC1CCNC1.Cl. The first-order valence-corrected chi connectivity index (χ1v) is 3.76. The van der Waals surface area contributed by atoms with Crippen LogP contribution in [0.4, 0.5) is 0 Å². The second-order valence-electron chi connectivity index (χ2n) is 3.01. The molecule has 1 rings (SSSR count). The van der Waals surface area contributed by atoms with Gasteiger partial charge in [0, 0.05) is 18.6 Å². The molecule has 0 radical (unpaired) electrons. The molecular formula is C7H17ClN2. The molecule has 0 aliphatic carbocycles. The van der Waals surface area contributed by atoms with Gasteiger partial charge in [0.25, 0.3) is 0 Å². The van der Waals surface area contributed by atoms with E-state index in [4.69, 9.17) is 0 Å². The highest BCUT2D eigenvalue weighted by Gasteiger charge is 2.13. The molecule has 0 spiro atoms. The fourth-order valence-corrected chi connectivity index (χ4v) is 1.27. The van der Waals surface area contributed by atoms with E-state index in [-0.39, 0.29) is 12.4 Å². The molecule has 1 aliphatic heterocycles. The molecule has 2 N–H and O–H groups in total. The quantitative estimate of drug-likeness (QED) is 0.630. The van der Waals surface area contributed by atoms with Gasteiger partial charge in [-0.2, -0.15) is 0 Å². The molecule has 0 aromatic rings. The Labute approximate surface area is 69.2 Å². The first kappa shape index (κ1) is 10.2. The molecule has 1 atom stereocenters. The highest BCUT2D eigenvalue weighted by molar-refractivity contribution is 5.85. The predicted octanol–water partition coefficient (Wildman–Crippen LogP) is 0.768. The van der Waals surface area contributed by atoms with Crippen molar-refractivity contribution in [1.29, 1.82) is 0 Å². The predicted molar refractivity (Wildman–Crippen MR) is 46.8 cm³/mol. The minimum atomic E-state index is 0. The average Bonchev–Trinajstić information content (AvgIpc) is 2.15. The molecule has 0 bridgehead atoms. The molecule has 0 aromatic heterocycles. The molecular weight excluding hydrogens is 148 g/mol. The summed E-state index contributed by atoms with van der Waals surface area (Å²) in [6.07, 6.45) is 1.29. The first-order chi connectivity index (χ1) is 4.29. The number of rotatable bonds is 2. The number of hydrogen-bond donors (Lipinski definition) is 2. The summed E-state index contributed by atoms with van der Waals surface area (Å²) in [6, 6.07) is 1.36. The Bertz CT molecular complexity index is 79.7. The van der Waals surface area contributed by atoms with Crippen molar-refractivity contribution in [2.45, 2.75) is 32.4 Å². The van der Waals surface area contributed by atoms with E-state index in [0.717, 1.165) is 12.6 Å². The van der Waals surface area contributed by atoms with E-state index < -0.39 is 0 Å². The maximum absolute atomic E-state index is 3.48. The van der Waals surface area contributed by atoms with Crippen molar-refractivity contribution in [3.63, 3.8) is 0 Å². The lowest BCUT2D eigenvalue weighted by Crippen LogP contribution is -2.35. The van der Waals surface area contributed by atoms with Gasteiger partial charge >= 0.3 is 0 Å². The normalized spacial score (nSPS) is 24.9. The fourth-order valence-electron chi connectivity index (χ4n) is 1.27. The topological polar surface area (TPSA) is 24.1 Å². The maximum atomic E-state index is 3.48. The number of halogens is 1. The fraction of sp³-hybridized carbons (Fsp3) is 1.00. The lowest BCUT2D eigenvalue weighted by atomic mass is 10.2. The van der Waals surface area contributed by atoms with Gasteiger partial charge in [0.05, 0.1) is 0 Å². The number of nitrogens with one attached hydrogen (secondary N) is 2. The Morgan fingerprint density at radius 2 is 2.20 bits per heavy atom. The van der Waals surface area contributed by atoms with Crippen molar-refractivity contribution in [3.05, 3.63) is 0 Å². The Balaban J connectivity index is 0.000000810. The van der Waals surface area contributed by atoms with Crippen LogP contribution in [0, 0.1) is 0 Å². The summed E-state index contributed by atoms with van der Waals surface area (Å²) in [6.45, 7) is 6.72. The van der Waals surface area contributed by atoms with Crippen molar-refractivity contribution >= 4 is 12.4 Å². The van der Waals surface area contributed by atoms with Gasteiger partial charge in [0.1, 0.15) is 0 Å². The van der Waals surface area contributed by atoms with E-state index in [1.165, 1.54) is 13.0 Å². The molecule has 0 saturated carbocycles. The van der Waals surface area contributed by atoms with E-state index in [1.807, 2.05) is 0 Å². The average molecular weight is 165 g/mol. The van der Waals surface area contributed by atoms with E-state index in [2.05, 4.69) is 24.5 Å². The minimum Gasteiger partial charge on any atom is -0.315 e. The molecule has 0 amide bonds. The van der Waals surface area contributed by atoms with Crippen LogP contribution in [0.15, 0.2) is 0 Å². The van der Waals surface area contributed by atoms with Crippen molar-refractivity contribution in [1.82, 2.24) is 10.6 Å². The Hall–Kier alpha value is 0.210. The summed E-state index contributed by atoms with van der Waals surface area (Å²) >= 11 is 0. The highest BCUT2D eigenvalue weighted by atomic mass is 35.5. The Morgan fingerprint density at radius 3 is 2.60 bits per heavy atom. The van der Waals surface area contributed by atoms with Crippen LogP contribution in [-0.4, -0.2) is 25.2 Å².